The molecule has 0 aromatic heterocycles. The van der Waals surface area contributed by atoms with Crippen LogP contribution in [0.3, 0.4) is 0 Å². The van der Waals surface area contributed by atoms with Gasteiger partial charge in [-0.2, -0.15) is 0 Å². The van der Waals surface area contributed by atoms with E-state index in [4.69, 9.17) is 14.2 Å². The average molecular weight is 863 g/mol. The molecule has 1 unspecified atom stereocenters. The van der Waals surface area contributed by atoms with E-state index in [2.05, 4.69) is 93.7 Å². The summed E-state index contributed by atoms with van der Waals surface area (Å²) in [6.07, 6.45) is 64.5. The maximum Gasteiger partial charge on any atom is 0.306 e. The van der Waals surface area contributed by atoms with Crippen LogP contribution in [0.2, 0.25) is 0 Å². The zero-order valence-electron chi connectivity index (χ0n) is 40.4. The van der Waals surface area contributed by atoms with Crippen LogP contribution in [0.1, 0.15) is 233 Å². The third-order valence-electron chi connectivity index (χ3n) is 10.6. The molecule has 0 bridgehead atoms. The first-order valence-corrected chi connectivity index (χ1v) is 25.6. The molecule has 0 aliphatic heterocycles. The molecule has 0 spiro atoms. The summed E-state index contributed by atoms with van der Waals surface area (Å²) in [4.78, 5) is 37.8. The predicted molar refractivity (Wildman–Crippen MR) is 265 cm³/mol. The number of carbonyl (C=O) groups excluding carboxylic acids is 3. The van der Waals surface area contributed by atoms with Crippen molar-refractivity contribution < 1.29 is 28.6 Å². The molecule has 0 heterocycles. The van der Waals surface area contributed by atoms with E-state index in [1.54, 1.807) is 0 Å². The zero-order valence-corrected chi connectivity index (χ0v) is 40.4. The summed E-state index contributed by atoms with van der Waals surface area (Å²) in [5.74, 6) is -1.01. The Morgan fingerprint density at radius 3 is 1.13 bits per heavy atom. The molecule has 0 aliphatic rings. The van der Waals surface area contributed by atoms with Crippen LogP contribution in [-0.4, -0.2) is 37.2 Å². The first-order chi connectivity index (χ1) is 30.5. The lowest BCUT2D eigenvalue weighted by atomic mass is 10.1. The van der Waals surface area contributed by atoms with Gasteiger partial charge in [0.1, 0.15) is 13.2 Å². The number of rotatable bonds is 45. The number of carbonyl (C=O) groups is 3. The molecule has 354 valence electrons. The molecule has 6 nitrogen and oxygen atoms in total. The molecular weight excluding hydrogens is 769 g/mol. The Morgan fingerprint density at radius 1 is 0.339 bits per heavy atom. The summed E-state index contributed by atoms with van der Waals surface area (Å²) in [7, 11) is 0. The fourth-order valence-corrected chi connectivity index (χ4v) is 6.78. The molecule has 1 atom stereocenters. The van der Waals surface area contributed by atoms with Crippen LogP contribution in [-0.2, 0) is 28.6 Å². The maximum absolute atomic E-state index is 12.7. The van der Waals surface area contributed by atoms with E-state index in [0.717, 1.165) is 89.9 Å². The summed E-state index contributed by atoms with van der Waals surface area (Å²) in [5, 5.41) is 0. The van der Waals surface area contributed by atoms with Crippen LogP contribution in [0.4, 0.5) is 0 Å². The molecule has 0 radical (unpaired) electrons. The quantitative estimate of drug-likeness (QED) is 0.0263. The van der Waals surface area contributed by atoms with Gasteiger partial charge in [0.25, 0.3) is 0 Å². The van der Waals surface area contributed by atoms with Gasteiger partial charge in [0.15, 0.2) is 6.10 Å². The van der Waals surface area contributed by atoms with Gasteiger partial charge in [-0.15, -0.1) is 0 Å². The van der Waals surface area contributed by atoms with Crippen molar-refractivity contribution in [2.75, 3.05) is 13.2 Å². The van der Waals surface area contributed by atoms with E-state index in [0.29, 0.717) is 19.3 Å². The molecule has 0 amide bonds. The number of allylic oxidation sites excluding steroid dienone is 14. The Labute approximate surface area is 382 Å². The van der Waals surface area contributed by atoms with Crippen molar-refractivity contribution in [1.29, 1.82) is 0 Å². The minimum Gasteiger partial charge on any atom is -0.462 e. The first kappa shape index (κ1) is 58.6. The first-order valence-electron chi connectivity index (χ1n) is 25.6. The van der Waals surface area contributed by atoms with Crippen molar-refractivity contribution in [2.24, 2.45) is 0 Å². The van der Waals surface area contributed by atoms with Crippen molar-refractivity contribution in [1.82, 2.24) is 0 Å². The highest BCUT2D eigenvalue weighted by Crippen LogP contribution is 2.14. The lowest BCUT2D eigenvalue weighted by Crippen LogP contribution is -2.30. The SMILES string of the molecule is CC/C=C\C/C=C\C/C=C\C/C=C\CCC(=O)OC(COC(=O)CCCCCCC/C=C\CCC)COC(=O)CCCCCCCCCCC/C=C\C/C=C\CCCCCCC. The van der Waals surface area contributed by atoms with Crippen molar-refractivity contribution in [3.63, 3.8) is 0 Å². The van der Waals surface area contributed by atoms with E-state index >= 15 is 0 Å². The predicted octanol–water partition coefficient (Wildman–Crippen LogP) is 16.8. The molecule has 0 fully saturated rings. The summed E-state index contributed by atoms with van der Waals surface area (Å²) < 4.78 is 16.7. The Balaban J connectivity index is 4.37. The normalized spacial score (nSPS) is 12.8. The van der Waals surface area contributed by atoms with Crippen molar-refractivity contribution in [3.05, 3.63) is 85.1 Å². The minimum atomic E-state index is -0.818. The van der Waals surface area contributed by atoms with Gasteiger partial charge in [-0.1, -0.05) is 202 Å². The van der Waals surface area contributed by atoms with Gasteiger partial charge in [-0.3, -0.25) is 14.4 Å². The van der Waals surface area contributed by atoms with Gasteiger partial charge < -0.3 is 14.2 Å². The second-order valence-corrected chi connectivity index (χ2v) is 16.7. The molecule has 0 aliphatic carbocycles. The zero-order chi connectivity index (χ0) is 45.1. The summed E-state index contributed by atoms with van der Waals surface area (Å²) >= 11 is 0. The Morgan fingerprint density at radius 2 is 0.694 bits per heavy atom. The second kappa shape index (κ2) is 50.2. The number of hydrogen-bond donors (Lipinski definition) is 0. The van der Waals surface area contributed by atoms with Crippen LogP contribution in [0, 0.1) is 0 Å². The van der Waals surface area contributed by atoms with Crippen LogP contribution in [0.25, 0.3) is 0 Å². The van der Waals surface area contributed by atoms with Crippen LogP contribution < -0.4 is 0 Å². The monoisotopic (exact) mass is 863 g/mol. The topological polar surface area (TPSA) is 78.9 Å². The van der Waals surface area contributed by atoms with Gasteiger partial charge >= 0.3 is 17.9 Å². The van der Waals surface area contributed by atoms with E-state index < -0.39 is 12.1 Å². The average Bonchev–Trinajstić information content (AvgIpc) is 3.27. The van der Waals surface area contributed by atoms with Gasteiger partial charge in [-0.05, 0) is 96.3 Å². The summed E-state index contributed by atoms with van der Waals surface area (Å²) in [5.41, 5.74) is 0. The highest BCUT2D eigenvalue weighted by Gasteiger charge is 2.19. The van der Waals surface area contributed by atoms with Gasteiger partial charge in [0.05, 0.1) is 0 Å². The fraction of sp³-hybridized carbons (Fsp3) is 0.696. The van der Waals surface area contributed by atoms with Gasteiger partial charge in [-0.25, -0.2) is 0 Å². The molecule has 0 saturated heterocycles. The maximum atomic E-state index is 12.7. The molecule has 0 aromatic carbocycles. The Bertz CT molecular complexity index is 1220. The number of hydrogen-bond acceptors (Lipinski definition) is 6. The molecule has 0 N–H and O–H groups in total. The fourth-order valence-electron chi connectivity index (χ4n) is 6.78. The second-order valence-electron chi connectivity index (χ2n) is 16.7. The van der Waals surface area contributed by atoms with Crippen LogP contribution in [0.5, 0.6) is 0 Å². The molecule has 6 heteroatoms. The van der Waals surface area contributed by atoms with E-state index in [9.17, 15) is 14.4 Å². The summed E-state index contributed by atoms with van der Waals surface area (Å²) in [6.45, 7) is 6.37. The van der Waals surface area contributed by atoms with Gasteiger partial charge in [0, 0.05) is 19.3 Å². The number of ether oxygens (including phenoxy) is 3. The highest BCUT2D eigenvalue weighted by molar-refractivity contribution is 5.71. The summed E-state index contributed by atoms with van der Waals surface area (Å²) in [6, 6.07) is 0. The smallest absolute Gasteiger partial charge is 0.306 e. The van der Waals surface area contributed by atoms with Crippen LogP contribution >= 0.6 is 0 Å². The minimum absolute atomic E-state index is 0.110. The third kappa shape index (κ3) is 47.6. The Kier molecular flexibility index (Phi) is 47.5. The molecule has 0 rings (SSSR count). The van der Waals surface area contributed by atoms with Crippen molar-refractivity contribution >= 4 is 17.9 Å². The third-order valence-corrected chi connectivity index (χ3v) is 10.6. The highest BCUT2D eigenvalue weighted by atomic mass is 16.6. The van der Waals surface area contributed by atoms with Crippen molar-refractivity contribution in [3.8, 4) is 0 Å². The lowest BCUT2D eigenvalue weighted by Gasteiger charge is -2.18. The van der Waals surface area contributed by atoms with E-state index in [-0.39, 0.29) is 31.6 Å². The largest absolute Gasteiger partial charge is 0.462 e. The molecule has 62 heavy (non-hydrogen) atoms. The van der Waals surface area contributed by atoms with E-state index in [1.807, 2.05) is 12.2 Å². The molecule has 0 aromatic rings. The molecular formula is C56H94O6. The number of esters is 3. The van der Waals surface area contributed by atoms with Crippen LogP contribution in [0.15, 0.2) is 85.1 Å². The number of unbranched alkanes of at least 4 members (excludes halogenated alkanes) is 20. The molecule has 0 saturated carbocycles. The van der Waals surface area contributed by atoms with Gasteiger partial charge in [0.2, 0.25) is 0 Å². The Hall–Kier alpha value is -3.41. The van der Waals surface area contributed by atoms with E-state index in [1.165, 1.54) is 96.3 Å². The standard InChI is InChI=1S/C56H94O6/c1-4-7-10-13-16-19-22-24-25-26-27-28-29-30-31-33-34-37-40-43-46-49-55(58)61-52-53(51-60-54(57)48-45-42-39-36-21-18-15-12-9-6-3)62-56(59)50-47-44-41-38-35-32-23-20-17-14-11-8-5-2/h8,11-12,15,17,20,22,24,26-27,32,35,41,44,53H,4-7,9-10,13-14,16,18-19,21,23,25,28-31,33-34,36-40,42-43,45-52H2,1-3H3/b11-8-,15-12-,20-17-,24-22-,27-26-,35-32-,44-41-. The van der Waals surface area contributed by atoms with Crippen molar-refractivity contribution in [2.45, 2.75) is 239 Å². The lowest BCUT2D eigenvalue weighted by molar-refractivity contribution is -0.166.